The third-order valence-electron chi connectivity index (χ3n) is 4.95. The SMILES string of the molecule is Cc1ccc(SCCOc2ccc(/C=C(/C#N)C(=O)Nc3nnc(-c4ccccc4Cl)s3)cc2)cc1. The number of aromatic nitrogens is 2. The summed E-state index contributed by atoms with van der Waals surface area (Å²) in [7, 11) is 0. The minimum absolute atomic E-state index is 0.0485. The normalized spacial score (nSPS) is 11.1. The smallest absolute Gasteiger partial charge is 0.268 e. The summed E-state index contributed by atoms with van der Waals surface area (Å²) in [5.41, 5.74) is 2.62. The second-order valence-corrected chi connectivity index (χ2v) is 10.1. The lowest BCUT2D eigenvalue weighted by atomic mass is 10.1. The zero-order valence-electron chi connectivity index (χ0n) is 19.3. The molecule has 36 heavy (non-hydrogen) atoms. The Balaban J connectivity index is 1.31. The van der Waals surface area contributed by atoms with E-state index < -0.39 is 5.91 Å². The minimum Gasteiger partial charge on any atom is -0.493 e. The molecule has 3 aromatic carbocycles. The first-order valence-corrected chi connectivity index (χ1v) is 13.1. The lowest BCUT2D eigenvalue weighted by Gasteiger charge is -2.07. The van der Waals surface area contributed by atoms with Crippen molar-refractivity contribution in [1.29, 1.82) is 5.26 Å². The number of hydrogen-bond acceptors (Lipinski definition) is 7. The summed E-state index contributed by atoms with van der Waals surface area (Å²) in [6, 6.07) is 24.8. The average Bonchev–Trinajstić information content (AvgIpc) is 3.35. The standard InChI is InChI=1S/C27H21ClN4O2S2/c1-18-6-12-22(13-7-18)35-15-14-34-21-10-8-19(9-11-21)16-20(17-29)25(33)30-27-32-31-26(36-27)23-4-2-3-5-24(23)28/h2-13,16H,14-15H2,1H3,(H,30,32,33)/b20-16-. The van der Waals surface area contributed by atoms with Crippen LogP contribution in [0.5, 0.6) is 5.75 Å². The number of thioether (sulfide) groups is 1. The first-order chi connectivity index (χ1) is 17.5. The second kappa shape index (κ2) is 12.4. The highest BCUT2D eigenvalue weighted by Crippen LogP contribution is 2.31. The Morgan fingerprint density at radius 2 is 1.86 bits per heavy atom. The van der Waals surface area contributed by atoms with Gasteiger partial charge in [-0.05, 0) is 48.9 Å². The summed E-state index contributed by atoms with van der Waals surface area (Å²) in [5.74, 6) is 0.987. The number of nitrogens with one attached hydrogen (secondary N) is 1. The van der Waals surface area contributed by atoms with Gasteiger partial charge in [0.05, 0.1) is 11.6 Å². The molecular formula is C27H21ClN4O2S2. The van der Waals surface area contributed by atoms with E-state index in [2.05, 4.69) is 46.7 Å². The van der Waals surface area contributed by atoms with E-state index in [1.54, 1.807) is 30.0 Å². The average molecular weight is 533 g/mol. The van der Waals surface area contributed by atoms with Gasteiger partial charge in [0.15, 0.2) is 5.01 Å². The molecule has 1 aromatic heterocycles. The monoisotopic (exact) mass is 532 g/mol. The fraction of sp³-hybridized carbons (Fsp3) is 0.111. The van der Waals surface area contributed by atoms with Crippen molar-refractivity contribution in [2.75, 3.05) is 17.7 Å². The highest BCUT2D eigenvalue weighted by Gasteiger charge is 2.14. The van der Waals surface area contributed by atoms with Crippen molar-refractivity contribution >= 4 is 51.8 Å². The maximum absolute atomic E-state index is 12.6. The second-order valence-electron chi connectivity index (χ2n) is 7.60. The maximum Gasteiger partial charge on any atom is 0.268 e. The van der Waals surface area contributed by atoms with E-state index in [0.29, 0.717) is 22.2 Å². The number of rotatable bonds is 9. The van der Waals surface area contributed by atoms with E-state index in [9.17, 15) is 10.1 Å². The van der Waals surface area contributed by atoms with Gasteiger partial charge in [-0.25, -0.2) is 0 Å². The van der Waals surface area contributed by atoms with Gasteiger partial charge >= 0.3 is 0 Å². The molecule has 180 valence electrons. The van der Waals surface area contributed by atoms with Gasteiger partial charge in [-0.1, -0.05) is 71.0 Å². The van der Waals surface area contributed by atoms with Crippen LogP contribution in [0.3, 0.4) is 0 Å². The number of carbonyl (C=O) groups excluding carboxylic acids is 1. The number of anilines is 1. The maximum atomic E-state index is 12.6. The summed E-state index contributed by atoms with van der Waals surface area (Å²) in [4.78, 5) is 13.8. The molecule has 1 heterocycles. The first-order valence-electron chi connectivity index (χ1n) is 11.0. The Kier molecular flexibility index (Phi) is 8.74. The van der Waals surface area contributed by atoms with Gasteiger partial charge in [-0.3, -0.25) is 10.1 Å². The molecule has 0 fully saturated rings. The molecule has 0 spiro atoms. The van der Waals surface area contributed by atoms with Crippen molar-refractivity contribution in [2.24, 2.45) is 0 Å². The van der Waals surface area contributed by atoms with Crippen LogP contribution >= 0.6 is 34.7 Å². The molecule has 0 saturated carbocycles. The third-order valence-corrected chi connectivity index (χ3v) is 7.13. The summed E-state index contributed by atoms with van der Waals surface area (Å²) in [6.45, 7) is 2.64. The van der Waals surface area contributed by atoms with Crippen molar-refractivity contribution < 1.29 is 9.53 Å². The van der Waals surface area contributed by atoms with Crippen LogP contribution in [0, 0.1) is 18.3 Å². The number of benzene rings is 3. The molecular weight excluding hydrogens is 512 g/mol. The number of amides is 1. The number of hydrogen-bond donors (Lipinski definition) is 1. The highest BCUT2D eigenvalue weighted by atomic mass is 35.5. The molecule has 0 saturated heterocycles. The molecule has 1 amide bonds. The molecule has 0 radical (unpaired) electrons. The summed E-state index contributed by atoms with van der Waals surface area (Å²) >= 11 is 9.12. The molecule has 4 rings (SSSR count). The third kappa shape index (κ3) is 6.95. The summed E-state index contributed by atoms with van der Waals surface area (Å²) in [6.07, 6.45) is 1.52. The lowest BCUT2D eigenvalue weighted by molar-refractivity contribution is -0.112. The molecule has 1 N–H and O–H groups in total. The Bertz CT molecular complexity index is 1410. The van der Waals surface area contributed by atoms with Crippen molar-refractivity contribution in [2.45, 2.75) is 11.8 Å². The molecule has 4 aromatic rings. The number of aryl methyl sites for hydroxylation is 1. The highest BCUT2D eigenvalue weighted by molar-refractivity contribution is 7.99. The molecule has 0 bridgehead atoms. The zero-order valence-corrected chi connectivity index (χ0v) is 21.7. The van der Waals surface area contributed by atoms with Gasteiger partial charge in [0.1, 0.15) is 17.4 Å². The van der Waals surface area contributed by atoms with Crippen LogP contribution in [0.15, 0.2) is 83.3 Å². The molecule has 0 aliphatic heterocycles. The van der Waals surface area contributed by atoms with Crippen molar-refractivity contribution in [3.8, 4) is 22.4 Å². The Hall–Kier alpha value is -3.64. The Morgan fingerprint density at radius 3 is 2.58 bits per heavy atom. The first kappa shape index (κ1) is 25.5. The van der Waals surface area contributed by atoms with Crippen LogP contribution in [-0.4, -0.2) is 28.5 Å². The summed E-state index contributed by atoms with van der Waals surface area (Å²) in [5, 5.41) is 21.6. The van der Waals surface area contributed by atoms with Crippen LogP contribution in [-0.2, 0) is 4.79 Å². The zero-order chi connectivity index (χ0) is 25.3. The predicted octanol–water partition coefficient (Wildman–Crippen LogP) is 6.88. The molecule has 0 unspecified atom stereocenters. The van der Waals surface area contributed by atoms with Crippen LogP contribution in [0.1, 0.15) is 11.1 Å². The molecule has 0 atom stereocenters. The van der Waals surface area contributed by atoms with E-state index in [4.69, 9.17) is 16.3 Å². The van der Waals surface area contributed by atoms with Crippen molar-refractivity contribution in [3.63, 3.8) is 0 Å². The molecule has 9 heteroatoms. The van der Waals surface area contributed by atoms with E-state index in [-0.39, 0.29) is 10.7 Å². The fourth-order valence-corrected chi connectivity index (χ4v) is 4.90. The molecule has 6 nitrogen and oxygen atoms in total. The van der Waals surface area contributed by atoms with Gasteiger partial charge < -0.3 is 4.74 Å². The summed E-state index contributed by atoms with van der Waals surface area (Å²) < 4.78 is 5.80. The number of carbonyl (C=O) groups is 1. The van der Waals surface area contributed by atoms with Gasteiger partial charge in [0.2, 0.25) is 5.13 Å². The van der Waals surface area contributed by atoms with Gasteiger partial charge in [0, 0.05) is 16.2 Å². The largest absolute Gasteiger partial charge is 0.493 e. The topological polar surface area (TPSA) is 87.9 Å². The van der Waals surface area contributed by atoms with Gasteiger partial charge in [-0.15, -0.1) is 22.0 Å². The fourth-order valence-electron chi connectivity index (χ4n) is 3.11. The van der Waals surface area contributed by atoms with E-state index >= 15 is 0 Å². The van der Waals surface area contributed by atoms with Crippen molar-refractivity contribution in [3.05, 3.63) is 94.5 Å². The number of nitrogens with zero attached hydrogens (tertiary/aromatic N) is 3. The lowest BCUT2D eigenvalue weighted by Crippen LogP contribution is -2.13. The Labute approximate surface area is 222 Å². The van der Waals surface area contributed by atoms with Gasteiger partial charge in [-0.2, -0.15) is 5.26 Å². The van der Waals surface area contributed by atoms with Gasteiger partial charge in [0.25, 0.3) is 5.91 Å². The minimum atomic E-state index is -0.562. The Morgan fingerprint density at radius 1 is 1.11 bits per heavy atom. The van der Waals surface area contributed by atoms with Crippen LogP contribution < -0.4 is 10.1 Å². The quantitative estimate of drug-likeness (QED) is 0.109. The van der Waals surface area contributed by atoms with E-state index in [1.165, 1.54) is 27.9 Å². The predicted molar refractivity (Wildman–Crippen MR) is 146 cm³/mol. The van der Waals surface area contributed by atoms with E-state index in [0.717, 1.165) is 17.1 Å². The van der Waals surface area contributed by atoms with Crippen LogP contribution in [0.2, 0.25) is 5.02 Å². The number of ether oxygens (including phenoxy) is 1. The number of nitriles is 1. The van der Waals surface area contributed by atoms with Crippen LogP contribution in [0.4, 0.5) is 5.13 Å². The van der Waals surface area contributed by atoms with Crippen LogP contribution in [0.25, 0.3) is 16.6 Å². The molecule has 0 aliphatic rings. The van der Waals surface area contributed by atoms with E-state index in [1.807, 2.05) is 36.4 Å². The van der Waals surface area contributed by atoms with Crippen molar-refractivity contribution in [1.82, 2.24) is 10.2 Å². The molecule has 0 aliphatic carbocycles. The number of halogens is 1.